The summed E-state index contributed by atoms with van der Waals surface area (Å²) in [7, 11) is 0. The number of amides is 2. The summed E-state index contributed by atoms with van der Waals surface area (Å²) in [5, 5.41) is 14.2. The molecule has 5 N–H and O–H groups in total. The van der Waals surface area contributed by atoms with Crippen LogP contribution in [-0.2, 0) is 16.0 Å². The van der Waals surface area contributed by atoms with E-state index in [0.717, 1.165) is 5.56 Å². The Labute approximate surface area is 192 Å². The zero-order chi connectivity index (χ0) is 23.7. The number of benzene rings is 2. The fourth-order valence-corrected chi connectivity index (χ4v) is 2.92. The molecular formula is C23H28ClN3O5. The minimum absolute atomic E-state index is 0.180. The summed E-state index contributed by atoms with van der Waals surface area (Å²) < 4.78 is 5.75. The lowest BCUT2D eigenvalue weighted by atomic mass is 10.0. The lowest BCUT2D eigenvalue weighted by Gasteiger charge is -2.21. The van der Waals surface area contributed by atoms with Gasteiger partial charge in [-0.15, -0.1) is 0 Å². The van der Waals surface area contributed by atoms with E-state index in [1.54, 1.807) is 6.07 Å². The Morgan fingerprint density at radius 1 is 1.12 bits per heavy atom. The molecule has 9 heteroatoms. The van der Waals surface area contributed by atoms with Crippen LogP contribution in [0.5, 0.6) is 5.75 Å². The molecule has 32 heavy (non-hydrogen) atoms. The number of aliphatic carboxylic acids is 1. The Hall–Kier alpha value is -3.10. The van der Waals surface area contributed by atoms with E-state index < -0.39 is 30.4 Å². The van der Waals surface area contributed by atoms with Crippen LogP contribution in [0.3, 0.4) is 0 Å². The number of halogens is 1. The lowest BCUT2D eigenvalue weighted by Crippen LogP contribution is -2.49. The van der Waals surface area contributed by atoms with Crippen molar-refractivity contribution in [2.75, 3.05) is 13.2 Å². The first-order valence-electron chi connectivity index (χ1n) is 10.2. The second-order valence-corrected chi connectivity index (χ2v) is 8.12. The summed E-state index contributed by atoms with van der Waals surface area (Å²) in [5.74, 6) is -1.92. The first-order chi connectivity index (χ1) is 15.2. The largest absolute Gasteiger partial charge is 0.491 e. The molecule has 0 heterocycles. The summed E-state index contributed by atoms with van der Waals surface area (Å²) in [4.78, 5) is 36.5. The first-order valence-corrected chi connectivity index (χ1v) is 10.6. The third-order valence-electron chi connectivity index (χ3n) is 4.79. The fourth-order valence-electron chi connectivity index (χ4n) is 2.76. The molecule has 2 atom stereocenters. The van der Waals surface area contributed by atoms with Crippen LogP contribution in [0.15, 0.2) is 48.5 Å². The van der Waals surface area contributed by atoms with Crippen LogP contribution in [0.25, 0.3) is 0 Å². The summed E-state index contributed by atoms with van der Waals surface area (Å²) in [6.45, 7) is 3.56. The number of nitrogens with two attached hydrogens (primary N) is 1. The lowest BCUT2D eigenvalue weighted by molar-refractivity contribution is -0.138. The first kappa shape index (κ1) is 25.2. The molecule has 0 spiro atoms. The molecule has 0 aromatic heterocycles. The average Bonchev–Trinajstić information content (AvgIpc) is 2.75. The van der Waals surface area contributed by atoms with E-state index in [1.807, 2.05) is 44.2 Å². The van der Waals surface area contributed by atoms with E-state index in [2.05, 4.69) is 10.6 Å². The van der Waals surface area contributed by atoms with Gasteiger partial charge >= 0.3 is 5.97 Å². The van der Waals surface area contributed by atoms with Gasteiger partial charge in [-0.25, -0.2) is 0 Å². The number of carbonyl (C=O) groups excluding carboxylic acids is 2. The van der Waals surface area contributed by atoms with Gasteiger partial charge in [0.05, 0.1) is 5.56 Å². The van der Waals surface area contributed by atoms with Crippen molar-refractivity contribution in [2.24, 2.45) is 11.7 Å². The molecule has 0 saturated carbocycles. The van der Waals surface area contributed by atoms with E-state index in [-0.39, 0.29) is 36.3 Å². The van der Waals surface area contributed by atoms with E-state index in [0.29, 0.717) is 5.02 Å². The number of rotatable bonds is 11. The molecule has 0 fully saturated rings. The highest BCUT2D eigenvalue weighted by atomic mass is 35.5. The zero-order valence-corrected chi connectivity index (χ0v) is 18.8. The van der Waals surface area contributed by atoms with E-state index in [1.165, 1.54) is 12.1 Å². The van der Waals surface area contributed by atoms with Crippen LogP contribution in [0.2, 0.25) is 5.02 Å². The highest BCUT2D eigenvalue weighted by Gasteiger charge is 2.24. The third-order valence-corrected chi connectivity index (χ3v) is 5.03. The molecule has 0 aliphatic carbocycles. The van der Waals surface area contributed by atoms with Gasteiger partial charge in [0, 0.05) is 17.5 Å². The van der Waals surface area contributed by atoms with Crippen LogP contribution in [0.1, 0.15) is 29.8 Å². The topological polar surface area (TPSA) is 131 Å². The predicted octanol–water partition coefficient (Wildman–Crippen LogP) is 2.24. The summed E-state index contributed by atoms with van der Waals surface area (Å²) in [5.41, 5.74) is 7.03. The van der Waals surface area contributed by atoms with Crippen molar-refractivity contribution in [3.05, 3.63) is 64.7 Å². The number of carboxylic acids is 1. The van der Waals surface area contributed by atoms with Gasteiger partial charge in [0.1, 0.15) is 24.9 Å². The molecule has 2 aromatic carbocycles. The Kier molecular flexibility index (Phi) is 9.49. The molecule has 2 rings (SSSR count). The highest BCUT2D eigenvalue weighted by molar-refractivity contribution is 6.30. The van der Waals surface area contributed by atoms with Crippen molar-refractivity contribution < 1.29 is 24.2 Å². The van der Waals surface area contributed by atoms with E-state index >= 15 is 0 Å². The standard InChI is InChI=1S/C23H28ClN3O5/c1-14(2)18(25)13-32-20-11-16(24)8-9-17(20)22(30)27-19(23(31)26-12-21(28)29)10-15-6-4-3-5-7-15/h3-9,11,14,18-19H,10,12-13,25H2,1-2H3,(H,26,31)(H,27,30)(H,28,29)/t18-,19-/m0/s1. The summed E-state index contributed by atoms with van der Waals surface area (Å²) >= 11 is 6.07. The van der Waals surface area contributed by atoms with Gasteiger partial charge in [0.15, 0.2) is 0 Å². The van der Waals surface area contributed by atoms with Crippen molar-refractivity contribution in [1.29, 1.82) is 0 Å². The van der Waals surface area contributed by atoms with Gasteiger partial charge in [-0.1, -0.05) is 55.8 Å². The maximum atomic E-state index is 13.0. The van der Waals surface area contributed by atoms with Crippen molar-refractivity contribution in [2.45, 2.75) is 32.4 Å². The van der Waals surface area contributed by atoms with Gasteiger partial charge < -0.3 is 26.2 Å². The number of nitrogens with one attached hydrogen (secondary N) is 2. The molecule has 0 saturated heterocycles. The number of carboxylic acid groups (broad SMARTS) is 1. The fraction of sp³-hybridized carbons (Fsp3) is 0.348. The Morgan fingerprint density at radius 2 is 1.81 bits per heavy atom. The number of ether oxygens (including phenoxy) is 1. The summed E-state index contributed by atoms with van der Waals surface area (Å²) in [6, 6.07) is 12.4. The van der Waals surface area contributed by atoms with Gasteiger partial charge in [0.2, 0.25) is 5.91 Å². The van der Waals surface area contributed by atoms with Crippen LogP contribution in [0, 0.1) is 5.92 Å². The van der Waals surface area contributed by atoms with Crippen LogP contribution in [-0.4, -0.2) is 48.1 Å². The van der Waals surface area contributed by atoms with Gasteiger partial charge in [-0.05, 0) is 29.7 Å². The average molecular weight is 462 g/mol. The minimum Gasteiger partial charge on any atom is -0.491 e. The quantitative estimate of drug-likeness (QED) is 0.406. The molecule has 0 radical (unpaired) electrons. The zero-order valence-electron chi connectivity index (χ0n) is 18.0. The van der Waals surface area contributed by atoms with Gasteiger partial charge in [0.25, 0.3) is 5.91 Å². The predicted molar refractivity (Wildman–Crippen MR) is 122 cm³/mol. The number of carbonyl (C=O) groups is 3. The Morgan fingerprint density at radius 3 is 2.44 bits per heavy atom. The molecule has 2 aromatic rings. The van der Waals surface area contributed by atoms with Crippen LogP contribution >= 0.6 is 11.6 Å². The smallest absolute Gasteiger partial charge is 0.322 e. The van der Waals surface area contributed by atoms with Crippen molar-refractivity contribution in [3.8, 4) is 5.75 Å². The highest BCUT2D eigenvalue weighted by Crippen LogP contribution is 2.24. The normalized spacial score (nSPS) is 12.7. The number of hydrogen-bond donors (Lipinski definition) is 4. The van der Waals surface area contributed by atoms with Gasteiger partial charge in [-0.3, -0.25) is 14.4 Å². The van der Waals surface area contributed by atoms with Crippen molar-refractivity contribution in [1.82, 2.24) is 10.6 Å². The molecule has 172 valence electrons. The molecule has 0 aliphatic heterocycles. The molecular weight excluding hydrogens is 434 g/mol. The minimum atomic E-state index is -1.18. The number of hydrogen-bond acceptors (Lipinski definition) is 5. The second kappa shape index (κ2) is 12.1. The van der Waals surface area contributed by atoms with Crippen molar-refractivity contribution in [3.63, 3.8) is 0 Å². The van der Waals surface area contributed by atoms with Gasteiger partial charge in [-0.2, -0.15) is 0 Å². The van der Waals surface area contributed by atoms with E-state index in [4.69, 9.17) is 27.2 Å². The molecule has 8 nitrogen and oxygen atoms in total. The second-order valence-electron chi connectivity index (χ2n) is 7.69. The maximum Gasteiger partial charge on any atom is 0.322 e. The monoisotopic (exact) mass is 461 g/mol. The Balaban J connectivity index is 2.22. The maximum absolute atomic E-state index is 13.0. The molecule has 2 amide bonds. The van der Waals surface area contributed by atoms with Crippen LogP contribution in [0.4, 0.5) is 0 Å². The molecule has 0 aliphatic rings. The SMILES string of the molecule is CC(C)[C@@H](N)COc1cc(Cl)ccc1C(=O)N[C@@H](Cc1ccccc1)C(=O)NCC(=O)O. The van der Waals surface area contributed by atoms with Crippen molar-refractivity contribution >= 4 is 29.4 Å². The Bertz CT molecular complexity index is 936. The summed E-state index contributed by atoms with van der Waals surface area (Å²) in [6.07, 6.45) is 0.181. The molecule has 0 bridgehead atoms. The molecule has 0 unspecified atom stereocenters. The third kappa shape index (κ3) is 7.86. The van der Waals surface area contributed by atoms with E-state index in [9.17, 15) is 14.4 Å². The van der Waals surface area contributed by atoms with Crippen LogP contribution < -0.4 is 21.1 Å².